The fourth-order valence-corrected chi connectivity index (χ4v) is 1.88. The summed E-state index contributed by atoms with van der Waals surface area (Å²) in [5, 5.41) is 3.83. The lowest BCUT2D eigenvalue weighted by Crippen LogP contribution is -2.16. The number of hydrogen-bond donors (Lipinski definition) is 2. The molecule has 0 saturated heterocycles. The molecule has 0 saturated carbocycles. The number of thiol groups is 1. The quantitative estimate of drug-likeness (QED) is 0.831. The second kappa shape index (κ2) is 5.91. The normalized spacial score (nSPS) is 10.8. The molecule has 1 aromatic heterocycles. The Kier molecular flexibility index (Phi) is 4.23. The molecule has 0 atom stereocenters. The summed E-state index contributed by atoms with van der Waals surface area (Å²) in [4.78, 5) is 11.3. The van der Waals surface area contributed by atoms with E-state index >= 15 is 0 Å². The zero-order valence-electron chi connectivity index (χ0n) is 10.2. The molecule has 1 amide bonds. The molecule has 20 heavy (non-hydrogen) atoms. The van der Waals surface area contributed by atoms with Crippen molar-refractivity contribution in [1.29, 1.82) is 0 Å². The minimum absolute atomic E-state index is 0.00751. The van der Waals surface area contributed by atoms with Crippen molar-refractivity contribution in [3.8, 4) is 5.88 Å². The third kappa shape index (κ3) is 3.08. The van der Waals surface area contributed by atoms with Crippen LogP contribution in [-0.2, 0) is 6.61 Å². The number of halogens is 2. The Hall–Kier alpha value is -2.09. The fraction of sp³-hybridized carbons (Fsp3) is 0.167. The van der Waals surface area contributed by atoms with Crippen molar-refractivity contribution in [3.05, 3.63) is 47.2 Å². The Morgan fingerprint density at radius 2 is 2.20 bits per heavy atom. The summed E-state index contributed by atoms with van der Waals surface area (Å²) in [6.07, 6.45) is -1.21. The van der Waals surface area contributed by atoms with Crippen LogP contribution in [0.5, 0.6) is 5.88 Å². The minimum atomic E-state index is -2.73. The minimum Gasteiger partial charge on any atom is -0.472 e. The van der Waals surface area contributed by atoms with Crippen LogP contribution >= 0.6 is 12.8 Å². The number of hydrogen-bond acceptors (Lipinski definition) is 4. The SMILES string of the molecule is NC(=O)c1cccc(C(F)F)c1COc1ccn(S)n1. The van der Waals surface area contributed by atoms with Crippen LogP contribution in [0.2, 0.25) is 0 Å². The number of rotatable bonds is 5. The average molecular weight is 299 g/mol. The molecule has 1 heterocycles. The molecule has 0 bridgehead atoms. The summed E-state index contributed by atoms with van der Waals surface area (Å²) in [6.45, 7) is -0.233. The van der Waals surface area contributed by atoms with E-state index in [0.717, 1.165) is 0 Å². The highest BCUT2D eigenvalue weighted by atomic mass is 32.1. The lowest BCUT2D eigenvalue weighted by molar-refractivity contribution is 0.0996. The predicted molar refractivity (Wildman–Crippen MR) is 70.9 cm³/mol. The number of ether oxygens (including phenoxy) is 1. The monoisotopic (exact) mass is 299 g/mol. The number of nitrogens with two attached hydrogens (primary N) is 1. The molecule has 0 aliphatic heterocycles. The lowest BCUT2D eigenvalue weighted by Gasteiger charge is -2.12. The van der Waals surface area contributed by atoms with Gasteiger partial charge in [-0.25, -0.2) is 12.9 Å². The third-order valence-electron chi connectivity index (χ3n) is 2.63. The van der Waals surface area contributed by atoms with Gasteiger partial charge in [-0.05, 0) is 18.9 Å². The molecule has 0 fully saturated rings. The summed E-state index contributed by atoms with van der Waals surface area (Å²) in [7, 11) is 0. The van der Waals surface area contributed by atoms with Gasteiger partial charge in [0, 0.05) is 29.0 Å². The van der Waals surface area contributed by atoms with Crippen LogP contribution in [0.1, 0.15) is 27.9 Å². The molecule has 0 unspecified atom stereocenters. The van der Waals surface area contributed by atoms with Gasteiger partial charge < -0.3 is 10.5 Å². The van der Waals surface area contributed by atoms with Gasteiger partial charge >= 0.3 is 0 Å². The molecule has 1 aromatic carbocycles. The van der Waals surface area contributed by atoms with Gasteiger partial charge in [0.15, 0.2) is 0 Å². The van der Waals surface area contributed by atoms with Crippen LogP contribution in [0, 0.1) is 0 Å². The van der Waals surface area contributed by atoms with Crippen molar-refractivity contribution >= 4 is 18.7 Å². The van der Waals surface area contributed by atoms with Gasteiger partial charge in [-0.2, -0.15) is 0 Å². The second-order valence-corrected chi connectivity index (χ2v) is 4.31. The predicted octanol–water partition coefficient (Wildman–Crippen LogP) is 2.19. The van der Waals surface area contributed by atoms with Crippen molar-refractivity contribution < 1.29 is 18.3 Å². The number of alkyl halides is 2. The van der Waals surface area contributed by atoms with Gasteiger partial charge in [0.1, 0.15) is 6.61 Å². The second-order valence-electron chi connectivity index (χ2n) is 3.90. The highest BCUT2D eigenvalue weighted by Crippen LogP contribution is 2.26. The molecule has 2 N–H and O–H groups in total. The first-order valence-electron chi connectivity index (χ1n) is 5.56. The summed E-state index contributed by atoms with van der Waals surface area (Å²) >= 11 is 3.92. The first-order chi connectivity index (χ1) is 9.49. The van der Waals surface area contributed by atoms with Crippen LogP contribution < -0.4 is 10.5 Å². The first-order valence-corrected chi connectivity index (χ1v) is 5.96. The van der Waals surface area contributed by atoms with Gasteiger partial charge in [0.25, 0.3) is 6.43 Å². The van der Waals surface area contributed by atoms with E-state index in [1.165, 1.54) is 34.5 Å². The Bertz CT molecular complexity index is 631. The number of primary amides is 1. The van der Waals surface area contributed by atoms with Crippen LogP contribution in [0.25, 0.3) is 0 Å². The zero-order valence-corrected chi connectivity index (χ0v) is 11.1. The van der Waals surface area contributed by atoms with Crippen LogP contribution in [0.3, 0.4) is 0 Å². The lowest BCUT2D eigenvalue weighted by atomic mass is 10.0. The Balaban J connectivity index is 2.30. The summed E-state index contributed by atoms with van der Waals surface area (Å²) in [5.41, 5.74) is 4.97. The molecular weight excluding hydrogens is 288 g/mol. The molecule has 8 heteroatoms. The van der Waals surface area contributed by atoms with Crippen molar-refractivity contribution in [2.45, 2.75) is 13.0 Å². The smallest absolute Gasteiger partial charge is 0.264 e. The van der Waals surface area contributed by atoms with E-state index in [9.17, 15) is 13.6 Å². The number of carbonyl (C=O) groups excluding carboxylic acids is 1. The van der Waals surface area contributed by atoms with Gasteiger partial charge in [-0.15, -0.1) is 5.10 Å². The molecule has 2 aromatic rings. The molecule has 0 aliphatic rings. The van der Waals surface area contributed by atoms with E-state index in [2.05, 4.69) is 17.9 Å². The van der Waals surface area contributed by atoms with Crippen LogP contribution in [-0.4, -0.2) is 15.1 Å². The van der Waals surface area contributed by atoms with E-state index in [1.807, 2.05) is 0 Å². The standard InChI is InChI=1S/C12H11F2N3O2S/c13-11(14)7-2-1-3-8(12(15)18)9(7)6-19-10-4-5-17(20)16-10/h1-5,11,20H,6H2,(H2,15,18). The maximum atomic E-state index is 13.0. The van der Waals surface area contributed by atoms with Crippen molar-refractivity contribution in [1.82, 2.24) is 9.19 Å². The largest absolute Gasteiger partial charge is 0.472 e. The highest BCUT2D eigenvalue weighted by Gasteiger charge is 2.19. The molecule has 2 rings (SSSR count). The molecule has 0 radical (unpaired) electrons. The first kappa shape index (κ1) is 14.3. The van der Waals surface area contributed by atoms with Gasteiger partial charge in [0.2, 0.25) is 11.8 Å². The highest BCUT2D eigenvalue weighted by molar-refractivity contribution is 7.78. The Morgan fingerprint density at radius 1 is 1.45 bits per heavy atom. The summed E-state index contributed by atoms with van der Waals surface area (Å²) < 4.78 is 32.4. The van der Waals surface area contributed by atoms with E-state index in [1.54, 1.807) is 0 Å². The van der Waals surface area contributed by atoms with Crippen LogP contribution in [0.15, 0.2) is 30.5 Å². The van der Waals surface area contributed by atoms with E-state index < -0.39 is 12.3 Å². The van der Waals surface area contributed by atoms with E-state index in [4.69, 9.17) is 10.5 Å². The van der Waals surface area contributed by atoms with Crippen LogP contribution in [0.4, 0.5) is 8.78 Å². The number of benzene rings is 1. The number of carbonyl (C=O) groups is 1. The molecule has 0 aliphatic carbocycles. The molecule has 106 valence electrons. The van der Waals surface area contributed by atoms with Gasteiger partial charge in [0.05, 0.1) is 0 Å². The number of amides is 1. The zero-order chi connectivity index (χ0) is 14.7. The van der Waals surface area contributed by atoms with Crippen molar-refractivity contribution in [3.63, 3.8) is 0 Å². The average Bonchev–Trinajstić information content (AvgIpc) is 2.81. The van der Waals surface area contributed by atoms with Gasteiger partial charge in [-0.3, -0.25) is 4.79 Å². The maximum Gasteiger partial charge on any atom is 0.264 e. The maximum absolute atomic E-state index is 13.0. The molecule has 0 spiro atoms. The number of aromatic nitrogens is 2. The summed E-state index contributed by atoms with van der Waals surface area (Å²) in [6, 6.07) is 5.48. The van der Waals surface area contributed by atoms with E-state index in [0.29, 0.717) is 0 Å². The van der Waals surface area contributed by atoms with Crippen molar-refractivity contribution in [2.24, 2.45) is 5.73 Å². The van der Waals surface area contributed by atoms with E-state index in [-0.39, 0.29) is 29.2 Å². The Labute approximate surface area is 118 Å². The molecule has 5 nitrogen and oxygen atoms in total. The molecular formula is C12H11F2N3O2S. The fourth-order valence-electron chi connectivity index (χ4n) is 1.72. The van der Waals surface area contributed by atoms with Gasteiger partial charge in [-0.1, -0.05) is 12.1 Å². The summed E-state index contributed by atoms with van der Waals surface area (Å²) in [5.74, 6) is -0.578. The number of nitrogens with zero attached hydrogens (tertiary/aromatic N) is 2. The Morgan fingerprint density at radius 3 is 2.75 bits per heavy atom. The third-order valence-corrected chi connectivity index (χ3v) is 2.85. The van der Waals surface area contributed by atoms with Crippen molar-refractivity contribution in [2.75, 3.05) is 0 Å². The topological polar surface area (TPSA) is 70.1 Å².